The molecule has 0 amide bonds. The molecule has 90 valence electrons. The zero-order valence-corrected chi connectivity index (χ0v) is 10.9. The van der Waals surface area contributed by atoms with Crippen LogP contribution in [0.15, 0.2) is 0 Å². The van der Waals surface area contributed by atoms with Crippen molar-refractivity contribution in [2.24, 2.45) is 17.3 Å². The van der Waals surface area contributed by atoms with Gasteiger partial charge in [-0.1, -0.05) is 34.6 Å². The molecule has 0 radical (unpaired) electrons. The van der Waals surface area contributed by atoms with Gasteiger partial charge in [0.1, 0.15) is 0 Å². The van der Waals surface area contributed by atoms with E-state index in [1.807, 2.05) is 0 Å². The average Bonchev–Trinajstić information content (AvgIpc) is 2.33. The van der Waals surface area contributed by atoms with Crippen molar-refractivity contribution in [3.63, 3.8) is 0 Å². The monoisotopic (exact) mass is 213 g/mol. The van der Waals surface area contributed by atoms with E-state index >= 15 is 0 Å². The lowest BCUT2D eigenvalue weighted by atomic mass is 9.86. The molecule has 2 atom stereocenters. The lowest BCUT2D eigenvalue weighted by molar-refractivity contribution is 0.122. The molecule has 0 spiro atoms. The van der Waals surface area contributed by atoms with Gasteiger partial charge in [-0.3, -0.25) is 0 Å². The van der Waals surface area contributed by atoms with Crippen LogP contribution in [-0.2, 0) is 0 Å². The topological polar surface area (TPSA) is 32.3 Å². The Hall–Kier alpha value is -0.0800. The molecule has 0 bridgehead atoms. The van der Waals surface area contributed by atoms with Crippen LogP contribution in [0.5, 0.6) is 0 Å². The third-order valence-corrected chi connectivity index (χ3v) is 3.74. The van der Waals surface area contributed by atoms with Crippen molar-refractivity contribution >= 4 is 0 Å². The molecule has 1 aliphatic rings. The quantitative estimate of drug-likeness (QED) is 0.751. The highest BCUT2D eigenvalue weighted by Crippen LogP contribution is 2.47. The van der Waals surface area contributed by atoms with Crippen molar-refractivity contribution in [1.29, 1.82) is 0 Å². The first kappa shape index (κ1) is 13.0. The first-order valence-corrected chi connectivity index (χ1v) is 6.17. The summed E-state index contributed by atoms with van der Waals surface area (Å²) in [6, 6.07) is 0. The minimum Gasteiger partial charge on any atom is -0.394 e. The molecule has 2 N–H and O–H groups in total. The highest BCUT2D eigenvalue weighted by molar-refractivity contribution is 5.03. The summed E-state index contributed by atoms with van der Waals surface area (Å²) in [4.78, 5) is 0. The number of hydrogen-bond donors (Lipinski definition) is 2. The third-order valence-electron chi connectivity index (χ3n) is 3.74. The highest BCUT2D eigenvalue weighted by atomic mass is 16.3. The number of rotatable bonds is 4. The first-order valence-electron chi connectivity index (χ1n) is 6.17. The van der Waals surface area contributed by atoms with E-state index in [1.165, 1.54) is 6.42 Å². The Balaban J connectivity index is 2.68. The standard InChI is InChI=1S/C13H27NO/c1-10(2)7-14-13(9-15)8-12(4,5)6-11(13)3/h10-11,14-15H,6-9H2,1-5H3. The Morgan fingerprint density at radius 1 is 1.40 bits per heavy atom. The van der Waals surface area contributed by atoms with E-state index in [0.29, 0.717) is 17.3 Å². The lowest BCUT2D eigenvalue weighted by Gasteiger charge is -2.34. The molecule has 0 saturated heterocycles. The lowest BCUT2D eigenvalue weighted by Crippen LogP contribution is -2.52. The van der Waals surface area contributed by atoms with Crippen LogP contribution in [0.2, 0.25) is 0 Å². The molecule has 0 aromatic heterocycles. The molecule has 2 unspecified atom stereocenters. The van der Waals surface area contributed by atoms with Gasteiger partial charge in [0.25, 0.3) is 0 Å². The smallest absolute Gasteiger partial charge is 0.0616 e. The minimum absolute atomic E-state index is 0.0340. The maximum atomic E-state index is 9.67. The van der Waals surface area contributed by atoms with E-state index in [4.69, 9.17) is 0 Å². The van der Waals surface area contributed by atoms with Crippen molar-refractivity contribution in [2.45, 2.75) is 53.0 Å². The van der Waals surface area contributed by atoms with Crippen LogP contribution < -0.4 is 5.32 Å². The molecule has 2 nitrogen and oxygen atoms in total. The van der Waals surface area contributed by atoms with E-state index in [0.717, 1.165) is 13.0 Å². The van der Waals surface area contributed by atoms with Gasteiger partial charge in [-0.15, -0.1) is 0 Å². The van der Waals surface area contributed by atoms with Gasteiger partial charge in [-0.05, 0) is 36.6 Å². The second kappa shape index (κ2) is 4.42. The van der Waals surface area contributed by atoms with Crippen molar-refractivity contribution in [1.82, 2.24) is 5.32 Å². The Morgan fingerprint density at radius 3 is 2.33 bits per heavy atom. The molecule has 1 aliphatic carbocycles. The van der Waals surface area contributed by atoms with E-state index < -0.39 is 0 Å². The Kier molecular flexibility index (Phi) is 3.83. The molecular weight excluding hydrogens is 186 g/mol. The van der Waals surface area contributed by atoms with Crippen LogP contribution in [0.1, 0.15) is 47.5 Å². The van der Waals surface area contributed by atoms with E-state index in [2.05, 4.69) is 39.9 Å². The molecule has 1 fully saturated rings. The molecule has 0 aromatic carbocycles. The Bertz CT molecular complexity index is 213. The van der Waals surface area contributed by atoms with E-state index in [1.54, 1.807) is 0 Å². The van der Waals surface area contributed by atoms with E-state index in [-0.39, 0.29) is 12.1 Å². The van der Waals surface area contributed by atoms with Crippen LogP contribution in [-0.4, -0.2) is 23.8 Å². The van der Waals surface area contributed by atoms with Crippen molar-refractivity contribution in [2.75, 3.05) is 13.2 Å². The SMILES string of the molecule is CC(C)CNC1(CO)CC(C)(C)CC1C. The van der Waals surface area contributed by atoms with Gasteiger partial charge in [0.2, 0.25) is 0 Å². The summed E-state index contributed by atoms with van der Waals surface area (Å²) in [6.07, 6.45) is 2.29. The molecule has 0 aliphatic heterocycles. The number of nitrogens with one attached hydrogen (secondary N) is 1. The van der Waals surface area contributed by atoms with Gasteiger partial charge in [0, 0.05) is 5.54 Å². The van der Waals surface area contributed by atoms with Crippen molar-refractivity contribution in [3.05, 3.63) is 0 Å². The van der Waals surface area contributed by atoms with Gasteiger partial charge >= 0.3 is 0 Å². The number of hydrogen-bond acceptors (Lipinski definition) is 2. The summed E-state index contributed by atoms with van der Waals surface area (Å²) in [5.41, 5.74) is 0.333. The summed E-state index contributed by atoms with van der Waals surface area (Å²) in [5, 5.41) is 13.3. The molecule has 15 heavy (non-hydrogen) atoms. The second-order valence-corrected chi connectivity index (χ2v) is 6.54. The fourth-order valence-electron chi connectivity index (χ4n) is 3.04. The van der Waals surface area contributed by atoms with Gasteiger partial charge in [0.05, 0.1) is 6.61 Å². The zero-order chi connectivity index (χ0) is 11.7. The maximum Gasteiger partial charge on any atom is 0.0616 e. The Labute approximate surface area is 94.5 Å². The second-order valence-electron chi connectivity index (χ2n) is 6.54. The van der Waals surface area contributed by atoms with Crippen LogP contribution in [0.3, 0.4) is 0 Å². The van der Waals surface area contributed by atoms with Crippen LogP contribution in [0.25, 0.3) is 0 Å². The van der Waals surface area contributed by atoms with Gasteiger partial charge in [-0.25, -0.2) is 0 Å². The molecule has 0 heterocycles. The van der Waals surface area contributed by atoms with Gasteiger partial charge in [-0.2, -0.15) is 0 Å². The zero-order valence-electron chi connectivity index (χ0n) is 10.9. The summed E-state index contributed by atoms with van der Waals surface area (Å²) >= 11 is 0. The van der Waals surface area contributed by atoms with Gasteiger partial charge < -0.3 is 10.4 Å². The summed E-state index contributed by atoms with van der Waals surface area (Å²) in [5.74, 6) is 1.21. The molecule has 2 heteroatoms. The number of aliphatic hydroxyl groups is 1. The molecule has 1 rings (SSSR count). The minimum atomic E-state index is -0.0340. The largest absolute Gasteiger partial charge is 0.394 e. The van der Waals surface area contributed by atoms with Crippen molar-refractivity contribution < 1.29 is 5.11 Å². The summed E-state index contributed by atoms with van der Waals surface area (Å²) < 4.78 is 0. The third kappa shape index (κ3) is 2.94. The van der Waals surface area contributed by atoms with Crippen LogP contribution in [0, 0.1) is 17.3 Å². The average molecular weight is 213 g/mol. The molecule has 1 saturated carbocycles. The maximum absolute atomic E-state index is 9.67. The first-order chi connectivity index (χ1) is 6.81. The Morgan fingerprint density at radius 2 is 2.00 bits per heavy atom. The van der Waals surface area contributed by atoms with Crippen LogP contribution >= 0.6 is 0 Å². The summed E-state index contributed by atoms with van der Waals surface area (Å²) in [7, 11) is 0. The summed E-state index contributed by atoms with van der Waals surface area (Å²) in [6.45, 7) is 12.6. The van der Waals surface area contributed by atoms with E-state index in [9.17, 15) is 5.11 Å². The molecular formula is C13H27NO. The predicted molar refractivity (Wildman–Crippen MR) is 64.8 cm³/mol. The van der Waals surface area contributed by atoms with Crippen LogP contribution in [0.4, 0.5) is 0 Å². The predicted octanol–water partition coefficient (Wildman–Crippen LogP) is 2.42. The van der Waals surface area contributed by atoms with Gasteiger partial charge in [0.15, 0.2) is 0 Å². The number of aliphatic hydroxyl groups excluding tert-OH is 1. The highest BCUT2D eigenvalue weighted by Gasteiger charge is 2.47. The fraction of sp³-hybridized carbons (Fsp3) is 1.00. The fourth-order valence-corrected chi connectivity index (χ4v) is 3.04. The normalized spacial score (nSPS) is 35.0. The van der Waals surface area contributed by atoms with Crippen molar-refractivity contribution in [3.8, 4) is 0 Å². The molecule has 0 aromatic rings.